The van der Waals surface area contributed by atoms with Gasteiger partial charge in [-0.05, 0) is 42.3 Å². The number of carbonyl (C=O) groups is 2. The van der Waals surface area contributed by atoms with Gasteiger partial charge in [0.1, 0.15) is 5.75 Å². The van der Waals surface area contributed by atoms with Gasteiger partial charge < -0.3 is 15.0 Å². The van der Waals surface area contributed by atoms with Gasteiger partial charge in [-0.15, -0.1) is 0 Å². The second-order valence-corrected chi connectivity index (χ2v) is 7.75. The number of rotatable bonds is 7. The minimum atomic E-state index is -0.320. The summed E-state index contributed by atoms with van der Waals surface area (Å²) in [6.07, 6.45) is 1.95. The van der Waals surface area contributed by atoms with Crippen LogP contribution >= 0.6 is 11.6 Å². The summed E-state index contributed by atoms with van der Waals surface area (Å²) < 4.78 is 5.53. The number of hydrogen-bond donors (Lipinski definition) is 1. The Hall–Kier alpha value is -2.53. The largest absolute Gasteiger partial charge is 0.496 e. The molecule has 2 amide bonds. The Morgan fingerprint density at radius 2 is 1.86 bits per heavy atom. The lowest BCUT2D eigenvalue weighted by atomic mass is 9.87. The highest BCUT2D eigenvalue weighted by molar-refractivity contribution is 6.30. The van der Waals surface area contributed by atoms with E-state index in [1.807, 2.05) is 24.3 Å². The zero-order valence-electron chi connectivity index (χ0n) is 16.9. The molecule has 0 saturated carbocycles. The van der Waals surface area contributed by atoms with Crippen LogP contribution in [0.15, 0.2) is 48.5 Å². The Morgan fingerprint density at radius 1 is 1.14 bits per heavy atom. The van der Waals surface area contributed by atoms with Gasteiger partial charge in [-0.25, -0.2) is 0 Å². The van der Waals surface area contributed by atoms with Gasteiger partial charge in [-0.2, -0.15) is 0 Å². The Labute approximate surface area is 177 Å². The molecule has 0 aliphatic carbocycles. The molecule has 2 aromatic rings. The minimum Gasteiger partial charge on any atom is -0.496 e. The third-order valence-electron chi connectivity index (χ3n) is 5.40. The first kappa shape index (κ1) is 21.2. The topological polar surface area (TPSA) is 58.6 Å². The standard InChI is InChI=1S/C23H27ClN2O3/c1-3-4-13-25-22(27)20-15-26(23(28)16-9-11-17(24)12-10-16)14-19(20)18-7-5-6-8-21(18)29-2/h5-12,19-20H,3-4,13-15H2,1-2H3,(H,25,27)/t19-,20-/m1/s1. The van der Waals surface area contributed by atoms with E-state index in [2.05, 4.69) is 12.2 Å². The molecular weight excluding hydrogens is 388 g/mol. The maximum Gasteiger partial charge on any atom is 0.253 e. The van der Waals surface area contributed by atoms with Crippen molar-refractivity contribution in [1.82, 2.24) is 10.2 Å². The Balaban J connectivity index is 1.86. The quantitative estimate of drug-likeness (QED) is 0.693. The molecule has 0 spiro atoms. The van der Waals surface area contributed by atoms with Gasteiger partial charge in [-0.3, -0.25) is 9.59 Å². The summed E-state index contributed by atoms with van der Waals surface area (Å²) in [5, 5.41) is 3.62. The third kappa shape index (κ3) is 4.91. The molecule has 1 aliphatic rings. The van der Waals surface area contributed by atoms with Gasteiger partial charge in [0.2, 0.25) is 5.91 Å². The van der Waals surface area contributed by atoms with Gasteiger partial charge >= 0.3 is 0 Å². The maximum absolute atomic E-state index is 13.0. The highest BCUT2D eigenvalue weighted by Crippen LogP contribution is 2.38. The van der Waals surface area contributed by atoms with Crippen LogP contribution in [-0.2, 0) is 4.79 Å². The van der Waals surface area contributed by atoms with Crippen molar-refractivity contribution in [2.45, 2.75) is 25.7 Å². The average Bonchev–Trinajstić information content (AvgIpc) is 3.19. The van der Waals surface area contributed by atoms with E-state index in [9.17, 15) is 9.59 Å². The highest BCUT2D eigenvalue weighted by atomic mass is 35.5. The van der Waals surface area contributed by atoms with Crippen LogP contribution in [0.5, 0.6) is 5.75 Å². The fourth-order valence-electron chi connectivity index (χ4n) is 3.82. The minimum absolute atomic E-state index is 0.0132. The van der Waals surface area contributed by atoms with Crippen LogP contribution in [0.2, 0.25) is 5.02 Å². The zero-order valence-corrected chi connectivity index (χ0v) is 17.6. The molecule has 0 aromatic heterocycles. The fourth-order valence-corrected chi connectivity index (χ4v) is 3.94. The molecule has 0 unspecified atom stereocenters. The monoisotopic (exact) mass is 414 g/mol. The van der Waals surface area contributed by atoms with Gasteiger partial charge in [0.05, 0.1) is 13.0 Å². The van der Waals surface area contributed by atoms with Crippen molar-refractivity contribution in [3.63, 3.8) is 0 Å². The summed E-state index contributed by atoms with van der Waals surface area (Å²) in [7, 11) is 1.63. The van der Waals surface area contributed by atoms with Crippen LogP contribution in [-0.4, -0.2) is 43.5 Å². The number of nitrogens with zero attached hydrogens (tertiary/aromatic N) is 1. The fraction of sp³-hybridized carbons (Fsp3) is 0.391. The number of likely N-dealkylation sites (tertiary alicyclic amines) is 1. The molecule has 0 radical (unpaired) electrons. The maximum atomic E-state index is 13.0. The van der Waals surface area contributed by atoms with E-state index in [1.165, 1.54) is 0 Å². The lowest BCUT2D eigenvalue weighted by Gasteiger charge is -2.20. The summed E-state index contributed by atoms with van der Waals surface area (Å²) in [5.74, 6) is 0.194. The number of hydrogen-bond acceptors (Lipinski definition) is 3. The molecular formula is C23H27ClN2O3. The molecule has 2 aromatic carbocycles. The summed E-state index contributed by atoms with van der Waals surface area (Å²) in [6, 6.07) is 14.6. The van der Waals surface area contributed by atoms with Gasteiger partial charge in [0.25, 0.3) is 5.91 Å². The van der Waals surface area contributed by atoms with Crippen molar-refractivity contribution in [3.05, 3.63) is 64.7 Å². The van der Waals surface area contributed by atoms with Crippen molar-refractivity contribution in [3.8, 4) is 5.75 Å². The Kier molecular flexibility index (Phi) is 7.15. The second kappa shape index (κ2) is 9.79. The number of carbonyl (C=O) groups excluding carboxylic acids is 2. The molecule has 1 saturated heterocycles. The summed E-state index contributed by atoms with van der Waals surface area (Å²) >= 11 is 5.95. The highest BCUT2D eigenvalue weighted by Gasteiger charge is 2.41. The molecule has 3 rings (SSSR count). The van der Waals surface area contributed by atoms with E-state index in [4.69, 9.17) is 16.3 Å². The summed E-state index contributed by atoms with van der Waals surface area (Å²) in [4.78, 5) is 27.7. The van der Waals surface area contributed by atoms with Crippen LogP contribution < -0.4 is 10.1 Å². The van der Waals surface area contributed by atoms with Crippen LogP contribution in [0.3, 0.4) is 0 Å². The Morgan fingerprint density at radius 3 is 2.55 bits per heavy atom. The first-order valence-corrected chi connectivity index (χ1v) is 10.4. The van der Waals surface area contributed by atoms with Crippen molar-refractivity contribution < 1.29 is 14.3 Å². The lowest BCUT2D eigenvalue weighted by molar-refractivity contribution is -0.124. The Bertz CT molecular complexity index is 853. The second-order valence-electron chi connectivity index (χ2n) is 7.32. The van der Waals surface area contributed by atoms with Crippen LogP contribution in [0.1, 0.15) is 41.6 Å². The van der Waals surface area contributed by atoms with Crippen LogP contribution in [0.25, 0.3) is 0 Å². The number of benzene rings is 2. The van der Waals surface area contributed by atoms with Gasteiger partial charge in [-0.1, -0.05) is 43.1 Å². The lowest BCUT2D eigenvalue weighted by Crippen LogP contribution is -2.36. The predicted octanol–water partition coefficient (Wildman–Crippen LogP) is 4.12. The molecule has 1 fully saturated rings. The zero-order chi connectivity index (χ0) is 20.8. The van der Waals surface area contributed by atoms with Crippen LogP contribution in [0.4, 0.5) is 0 Å². The van der Waals surface area contributed by atoms with Crippen molar-refractivity contribution in [1.29, 1.82) is 0 Å². The molecule has 1 heterocycles. The normalized spacial score (nSPS) is 18.5. The first-order chi connectivity index (χ1) is 14.0. The molecule has 154 valence electrons. The van der Waals surface area contributed by atoms with E-state index in [1.54, 1.807) is 36.3 Å². The molecule has 1 N–H and O–H groups in total. The third-order valence-corrected chi connectivity index (χ3v) is 5.65. The first-order valence-electron chi connectivity index (χ1n) is 10.0. The van der Waals surface area contributed by atoms with Crippen molar-refractivity contribution in [2.75, 3.05) is 26.7 Å². The average molecular weight is 415 g/mol. The predicted molar refractivity (Wildman–Crippen MR) is 114 cm³/mol. The number of para-hydroxylation sites is 1. The summed E-state index contributed by atoms with van der Waals surface area (Å²) in [6.45, 7) is 3.58. The molecule has 2 atom stereocenters. The smallest absolute Gasteiger partial charge is 0.253 e. The van der Waals surface area contributed by atoms with Gasteiger partial charge in [0.15, 0.2) is 0 Å². The number of unbranched alkanes of at least 4 members (excludes halogenated alkanes) is 1. The number of amides is 2. The van der Waals surface area contributed by atoms with Gasteiger partial charge in [0, 0.05) is 36.1 Å². The van der Waals surface area contributed by atoms with E-state index in [0.29, 0.717) is 30.2 Å². The number of halogens is 1. The van der Waals surface area contributed by atoms with Crippen molar-refractivity contribution >= 4 is 23.4 Å². The van der Waals surface area contributed by atoms with Crippen LogP contribution in [0, 0.1) is 5.92 Å². The number of methoxy groups -OCH3 is 1. The molecule has 29 heavy (non-hydrogen) atoms. The summed E-state index contributed by atoms with van der Waals surface area (Å²) in [5.41, 5.74) is 1.53. The molecule has 0 bridgehead atoms. The molecule has 6 heteroatoms. The van der Waals surface area contributed by atoms with E-state index in [0.717, 1.165) is 24.2 Å². The van der Waals surface area contributed by atoms with E-state index >= 15 is 0 Å². The molecule has 5 nitrogen and oxygen atoms in total. The number of nitrogens with one attached hydrogen (secondary N) is 1. The molecule has 1 aliphatic heterocycles. The van der Waals surface area contributed by atoms with E-state index in [-0.39, 0.29) is 23.7 Å². The van der Waals surface area contributed by atoms with E-state index < -0.39 is 0 Å². The van der Waals surface area contributed by atoms with Crippen molar-refractivity contribution in [2.24, 2.45) is 5.92 Å². The number of ether oxygens (including phenoxy) is 1. The SMILES string of the molecule is CCCCNC(=O)[C@@H]1CN(C(=O)c2ccc(Cl)cc2)C[C@@H]1c1ccccc1OC.